The van der Waals surface area contributed by atoms with E-state index in [0.717, 1.165) is 24.1 Å². The summed E-state index contributed by atoms with van der Waals surface area (Å²) in [5, 5.41) is 0. The normalized spacial score (nSPS) is 10.5. The number of ether oxygens (including phenoxy) is 1. The van der Waals surface area contributed by atoms with E-state index in [4.69, 9.17) is 4.74 Å². The fourth-order valence-corrected chi connectivity index (χ4v) is 3.00. The average molecular weight is 354 g/mol. The van der Waals surface area contributed by atoms with Gasteiger partial charge in [-0.25, -0.2) is 4.79 Å². The molecule has 2 aromatic rings. The van der Waals surface area contributed by atoms with Crippen molar-refractivity contribution in [3.63, 3.8) is 0 Å². The molecular weight excluding hydrogens is 322 g/mol. The van der Waals surface area contributed by atoms with Crippen LogP contribution in [0.25, 0.3) is 0 Å². The highest BCUT2D eigenvalue weighted by molar-refractivity contribution is 5.88. The number of aryl methyl sites for hydroxylation is 1. The van der Waals surface area contributed by atoms with E-state index in [2.05, 4.69) is 13.0 Å². The third-order valence-electron chi connectivity index (χ3n) is 4.64. The van der Waals surface area contributed by atoms with Gasteiger partial charge in [0.2, 0.25) is 0 Å². The molecule has 0 fully saturated rings. The number of benzene rings is 2. The summed E-state index contributed by atoms with van der Waals surface area (Å²) < 4.78 is 5.66. The Bertz CT molecular complexity index is 654. The van der Waals surface area contributed by atoms with Gasteiger partial charge in [0, 0.05) is 12.7 Å². The molecule has 3 nitrogen and oxygen atoms in total. The average Bonchev–Trinajstić information content (AvgIpc) is 2.68. The summed E-state index contributed by atoms with van der Waals surface area (Å²) in [5.41, 5.74) is 1.93. The van der Waals surface area contributed by atoms with Crippen molar-refractivity contribution in [3.05, 3.63) is 60.2 Å². The lowest BCUT2D eigenvalue weighted by Gasteiger charge is -2.18. The van der Waals surface area contributed by atoms with Gasteiger partial charge < -0.3 is 4.74 Å². The van der Waals surface area contributed by atoms with Crippen molar-refractivity contribution in [2.45, 2.75) is 58.3 Å². The highest BCUT2D eigenvalue weighted by Crippen LogP contribution is 2.22. The van der Waals surface area contributed by atoms with Crippen LogP contribution < -0.4 is 9.64 Å². The van der Waals surface area contributed by atoms with Crippen LogP contribution in [0.15, 0.2) is 54.6 Å². The van der Waals surface area contributed by atoms with Crippen molar-refractivity contribution < 1.29 is 9.53 Å². The summed E-state index contributed by atoms with van der Waals surface area (Å²) in [5.74, 6) is 0.672. The van der Waals surface area contributed by atoms with Crippen molar-refractivity contribution in [2.75, 3.05) is 11.9 Å². The van der Waals surface area contributed by atoms with Crippen LogP contribution in [0.4, 0.5) is 10.5 Å². The number of rotatable bonds is 10. The fraction of sp³-hybridized carbons (Fsp3) is 0.435. The smallest absolute Gasteiger partial charge is 0.410 e. The number of anilines is 1. The first-order valence-electron chi connectivity index (χ1n) is 9.81. The van der Waals surface area contributed by atoms with Crippen LogP contribution in [0.3, 0.4) is 0 Å². The number of unbranched alkanes of at least 4 members (excludes halogenated alkanes) is 6. The first-order valence-corrected chi connectivity index (χ1v) is 9.81. The van der Waals surface area contributed by atoms with Crippen LogP contribution in [0.2, 0.25) is 0 Å². The highest BCUT2D eigenvalue weighted by atomic mass is 16.6. The zero-order chi connectivity index (χ0) is 18.6. The lowest BCUT2D eigenvalue weighted by Crippen LogP contribution is -2.29. The molecule has 0 aliphatic heterocycles. The van der Waals surface area contributed by atoms with Crippen LogP contribution in [0.1, 0.15) is 57.4 Å². The number of carbonyl (C=O) groups is 1. The maximum Gasteiger partial charge on any atom is 0.419 e. The lowest BCUT2D eigenvalue weighted by atomic mass is 10.0. The van der Waals surface area contributed by atoms with Gasteiger partial charge in [-0.15, -0.1) is 0 Å². The standard InChI is InChI=1S/C23H31NO2/c1-3-4-5-6-7-8-10-15-20-16-13-14-19-22(20)26-23(25)24(2)21-17-11-9-12-18-21/h9,11-14,16-19H,3-8,10,15H2,1-2H3. The number of hydrogen-bond acceptors (Lipinski definition) is 2. The molecule has 140 valence electrons. The van der Waals surface area contributed by atoms with E-state index in [9.17, 15) is 4.79 Å². The molecule has 0 saturated carbocycles. The van der Waals surface area contributed by atoms with Crippen LogP contribution in [-0.4, -0.2) is 13.1 Å². The molecule has 0 spiro atoms. The summed E-state index contributed by atoms with van der Waals surface area (Å²) in [7, 11) is 1.73. The molecule has 0 radical (unpaired) electrons. The number of nitrogens with zero attached hydrogens (tertiary/aromatic N) is 1. The van der Waals surface area contributed by atoms with E-state index in [-0.39, 0.29) is 6.09 Å². The Labute approximate surface area is 158 Å². The quantitative estimate of drug-likeness (QED) is 0.449. The summed E-state index contributed by atoms with van der Waals surface area (Å²) >= 11 is 0. The number of para-hydroxylation sites is 2. The second-order valence-corrected chi connectivity index (χ2v) is 6.74. The Balaban J connectivity index is 1.85. The predicted octanol–water partition coefficient (Wildman–Crippen LogP) is 6.61. The SMILES string of the molecule is CCCCCCCCCc1ccccc1OC(=O)N(C)c1ccccc1. The molecule has 0 heterocycles. The van der Waals surface area contributed by atoms with Crippen LogP contribution in [0.5, 0.6) is 5.75 Å². The van der Waals surface area contributed by atoms with E-state index >= 15 is 0 Å². The maximum absolute atomic E-state index is 12.4. The van der Waals surface area contributed by atoms with E-state index in [1.807, 2.05) is 48.5 Å². The minimum Gasteiger partial charge on any atom is -0.410 e. The predicted molar refractivity (Wildman–Crippen MR) is 109 cm³/mol. The van der Waals surface area contributed by atoms with Gasteiger partial charge in [0.25, 0.3) is 0 Å². The molecule has 0 bridgehead atoms. The van der Waals surface area contributed by atoms with Gasteiger partial charge in [-0.3, -0.25) is 4.90 Å². The number of amides is 1. The van der Waals surface area contributed by atoms with Crippen molar-refractivity contribution in [1.29, 1.82) is 0 Å². The van der Waals surface area contributed by atoms with Crippen molar-refractivity contribution >= 4 is 11.8 Å². The van der Waals surface area contributed by atoms with Crippen LogP contribution >= 0.6 is 0 Å². The van der Waals surface area contributed by atoms with E-state index in [1.165, 1.54) is 43.4 Å². The Kier molecular flexibility index (Phi) is 8.74. The minimum atomic E-state index is -0.358. The van der Waals surface area contributed by atoms with Gasteiger partial charge in [-0.05, 0) is 36.6 Å². The first kappa shape index (κ1) is 20.0. The molecule has 0 aromatic heterocycles. The molecule has 3 heteroatoms. The molecule has 1 amide bonds. The molecule has 0 atom stereocenters. The summed E-state index contributed by atoms with van der Waals surface area (Å²) in [4.78, 5) is 14.0. The highest BCUT2D eigenvalue weighted by Gasteiger charge is 2.14. The Morgan fingerprint density at radius 1 is 0.846 bits per heavy atom. The minimum absolute atomic E-state index is 0.358. The van der Waals surface area contributed by atoms with E-state index in [0.29, 0.717) is 5.75 Å². The van der Waals surface area contributed by atoms with E-state index in [1.54, 1.807) is 7.05 Å². The van der Waals surface area contributed by atoms with Crippen molar-refractivity contribution in [2.24, 2.45) is 0 Å². The van der Waals surface area contributed by atoms with Crippen molar-refractivity contribution in [3.8, 4) is 5.75 Å². The Morgan fingerprint density at radius 2 is 1.46 bits per heavy atom. The molecule has 2 aromatic carbocycles. The van der Waals surface area contributed by atoms with Gasteiger partial charge in [-0.1, -0.05) is 81.8 Å². The number of hydrogen-bond donors (Lipinski definition) is 0. The second-order valence-electron chi connectivity index (χ2n) is 6.74. The molecule has 0 unspecified atom stereocenters. The summed E-state index contributed by atoms with van der Waals surface area (Å²) in [6.45, 7) is 2.24. The van der Waals surface area contributed by atoms with Crippen LogP contribution in [-0.2, 0) is 6.42 Å². The molecule has 2 rings (SSSR count). The Morgan fingerprint density at radius 3 is 2.19 bits per heavy atom. The second kappa shape index (κ2) is 11.3. The molecule has 0 aliphatic carbocycles. The monoisotopic (exact) mass is 353 g/mol. The third-order valence-corrected chi connectivity index (χ3v) is 4.64. The van der Waals surface area contributed by atoms with Gasteiger partial charge >= 0.3 is 6.09 Å². The lowest BCUT2D eigenvalue weighted by molar-refractivity contribution is 0.208. The topological polar surface area (TPSA) is 29.5 Å². The maximum atomic E-state index is 12.4. The Hall–Kier alpha value is -2.29. The molecule has 26 heavy (non-hydrogen) atoms. The van der Waals surface area contributed by atoms with E-state index < -0.39 is 0 Å². The first-order chi connectivity index (χ1) is 12.7. The third kappa shape index (κ3) is 6.55. The van der Waals surface area contributed by atoms with Crippen LogP contribution in [0, 0.1) is 0 Å². The number of carbonyl (C=O) groups excluding carboxylic acids is 1. The molecule has 0 N–H and O–H groups in total. The zero-order valence-electron chi connectivity index (χ0n) is 16.1. The van der Waals surface area contributed by atoms with Crippen molar-refractivity contribution in [1.82, 2.24) is 0 Å². The van der Waals surface area contributed by atoms with Gasteiger partial charge in [-0.2, -0.15) is 0 Å². The molecule has 0 aliphatic rings. The fourth-order valence-electron chi connectivity index (χ4n) is 3.00. The molecular formula is C23H31NO2. The molecule has 0 saturated heterocycles. The van der Waals surface area contributed by atoms with Gasteiger partial charge in [0.1, 0.15) is 5.75 Å². The van der Waals surface area contributed by atoms with Gasteiger partial charge in [0.05, 0.1) is 0 Å². The van der Waals surface area contributed by atoms with Gasteiger partial charge in [0.15, 0.2) is 0 Å². The summed E-state index contributed by atoms with van der Waals surface area (Å²) in [6, 6.07) is 17.4. The summed E-state index contributed by atoms with van der Waals surface area (Å²) in [6.07, 6.45) is 9.55. The largest absolute Gasteiger partial charge is 0.419 e. The zero-order valence-corrected chi connectivity index (χ0v) is 16.1.